The van der Waals surface area contributed by atoms with Gasteiger partial charge in [0.05, 0.1) is 12.8 Å². The summed E-state index contributed by atoms with van der Waals surface area (Å²) < 4.78 is 12.8. The number of rotatable bonds is 5. The Morgan fingerprint density at radius 1 is 1.20 bits per heavy atom. The van der Waals surface area contributed by atoms with Crippen molar-refractivity contribution in [2.75, 3.05) is 13.7 Å². The maximum absolute atomic E-state index is 5.68. The van der Waals surface area contributed by atoms with Gasteiger partial charge in [-0.1, -0.05) is 0 Å². The van der Waals surface area contributed by atoms with Gasteiger partial charge in [0.1, 0.15) is 23.0 Å². The van der Waals surface area contributed by atoms with Crippen LogP contribution in [0.4, 0.5) is 0 Å². The molecule has 130 valence electrons. The van der Waals surface area contributed by atoms with E-state index in [0.717, 1.165) is 39.0 Å². The van der Waals surface area contributed by atoms with Crippen LogP contribution in [0.5, 0.6) is 5.75 Å². The molecule has 0 aliphatic heterocycles. The summed E-state index contributed by atoms with van der Waals surface area (Å²) in [5.74, 6) is 2.46. The minimum atomic E-state index is 0.705. The Bertz CT molecular complexity index is 946. The molecule has 0 N–H and O–H groups in total. The average molecular weight is 355 g/mol. The number of methoxy groups -OCH3 is 1. The SMILES string of the molecule is CCN=c1scc(-c2ccc(OC)cc2)n1N=C(C)c1ccc(C)o1. The molecule has 0 saturated heterocycles. The number of aromatic nitrogens is 1. The van der Waals surface area contributed by atoms with Crippen LogP contribution in [0.15, 0.2) is 56.3 Å². The number of hydrogen-bond acceptors (Lipinski definition) is 5. The number of benzene rings is 1. The molecule has 0 radical (unpaired) electrons. The molecule has 0 spiro atoms. The van der Waals surface area contributed by atoms with E-state index in [-0.39, 0.29) is 0 Å². The van der Waals surface area contributed by atoms with Gasteiger partial charge < -0.3 is 9.15 Å². The normalized spacial score (nSPS) is 12.6. The molecule has 0 bridgehead atoms. The molecular weight excluding hydrogens is 334 g/mol. The first-order valence-electron chi connectivity index (χ1n) is 8.10. The molecule has 3 rings (SSSR count). The Balaban J connectivity index is 2.10. The van der Waals surface area contributed by atoms with Gasteiger partial charge in [0, 0.05) is 17.5 Å². The molecule has 0 unspecified atom stereocenters. The summed E-state index contributed by atoms with van der Waals surface area (Å²) in [6.07, 6.45) is 0. The fourth-order valence-corrected chi connectivity index (χ4v) is 3.32. The van der Waals surface area contributed by atoms with E-state index in [4.69, 9.17) is 14.3 Å². The van der Waals surface area contributed by atoms with Gasteiger partial charge in [-0.15, -0.1) is 11.3 Å². The fraction of sp³-hybridized carbons (Fsp3) is 0.263. The predicted octanol–water partition coefficient (Wildman–Crippen LogP) is 4.32. The van der Waals surface area contributed by atoms with Crippen molar-refractivity contribution in [2.24, 2.45) is 10.1 Å². The van der Waals surface area contributed by atoms with E-state index in [1.807, 2.05) is 61.8 Å². The lowest BCUT2D eigenvalue weighted by atomic mass is 10.2. The predicted molar refractivity (Wildman–Crippen MR) is 101 cm³/mol. The third kappa shape index (κ3) is 3.74. The van der Waals surface area contributed by atoms with Crippen LogP contribution in [0.1, 0.15) is 25.4 Å². The van der Waals surface area contributed by atoms with Crippen molar-refractivity contribution in [3.8, 4) is 17.0 Å². The van der Waals surface area contributed by atoms with Gasteiger partial charge in [0.2, 0.25) is 4.80 Å². The molecular formula is C19H21N3O2S. The van der Waals surface area contributed by atoms with E-state index in [2.05, 4.69) is 10.4 Å². The molecule has 0 amide bonds. The molecule has 0 aliphatic carbocycles. The van der Waals surface area contributed by atoms with E-state index in [1.165, 1.54) is 0 Å². The van der Waals surface area contributed by atoms with Crippen LogP contribution in [0.25, 0.3) is 11.3 Å². The molecule has 0 atom stereocenters. The van der Waals surface area contributed by atoms with Crippen LogP contribution in [0.3, 0.4) is 0 Å². The summed E-state index contributed by atoms with van der Waals surface area (Å²) in [5.41, 5.74) is 2.85. The summed E-state index contributed by atoms with van der Waals surface area (Å²) in [5, 5.41) is 6.83. The lowest BCUT2D eigenvalue weighted by Crippen LogP contribution is -2.14. The highest BCUT2D eigenvalue weighted by atomic mass is 32.1. The summed E-state index contributed by atoms with van der Waals surface area (Å²) in [7, 11) is 1.66. The summed E-state index contributed by atoms with van der Waals surface area (Å²) in [6, 6.07) is 11.8. The van der Waals surface area contributed by atoms with Gasteiger partial charge in [-0.05, 0) is 57.2 Å². The van der Waals surface area contributed by atoms with Crippen molar-refractivity contribution >= 4 is 17.0 Å². The van der Waals surface area contributed by atoms with Crippen molar-refractivity contribution < 1.29 is 9.15 Å². The largest absolute Gasteiger partial charge is 0.497 e. The molecule has 6 heteroatoms. The van der Waals surface area contributed by atoms with E-state index >= 15 is 0 Å². The van der Waals surface area contributed by atoms with E-state index in [1.54, 1.807) is 18.4 Å². The Morgan fingerprint density at radius 3 is 2.56 bits per heavy atom. The molecule has 2 aromatic heterocycles. The second-order valence-corrected chi connectivity index (χ2v) is 6.35. The molecule has 0 aliphatic rings. The highest BCUT2D eigenvalue weighted by Crippen LogP contribution is 2.23. The average Bonchev–Trinajstić information content (AvgIpc) is 3.22. The topological polar surface area (TPSA) is 52.0 Å². The zero-order valence-electron chi connectivity index (χ0n) is 14.8. The molecule has 25 heavy (non-hydrogen) atoms. The van der Waals surface area contributed by atoms with Crippen molar-refractivity contribution in [2.45, 2.75) is 20.8 Å². The van der Waals surface area contributed by atoms with Crippen molar-refractivity contribution in [1.82, 2.24) is 4.68 Å². The molecule has 0 saturated carbocycles. The van der Waals surface area contributed by atoms with Crippen molar-refractivity contribution in [3.63, 3.8) is 0 Å². The third-order valence-electron chi connectivity index (χ3n) is 3.71. The van der Waals surface area contributed by atoms with Gasteiger partial charge in [0.25, 0.3) is 0 Å². The van der Waals surface area contributed by atoms with E-state index < -0.39 is 0 Å². The van der Waals surface area contributed by atoms with Crippen LogP contribution in [-0.4, -0.2) is 24.0 Å². The first-order chi connectivity index (χ1) is 12.1. The fourth-order valence-electron chi connectivity index (χ4n) is 2.43. The standard InChI is InChI=1S/C19H21N3O2S/c1-5-20-19-22(21-14(3)18-11-6-13(2)24-18)17(12-25-19)15-7-9-16(23-4)10-8-15/h6-12H,5H2,1-4H3. The molecule has 5 nitrogen and oxygen atoms in total. The van der Waals surface area contributed by atoms with Gasteiger partial charge in [-0.2, -0.15) is 5.10 Å². The summed E-state index contributed by atoms with van der Waals surface area (Å²) in [6.45, 7) is 6.59. The maximum atomic E-state index is 5.68. The zero-order chi connectivity index (χ0) is 17.8. The van der Waals surface area contributed by atoms with Crippen molar-refractivity contribution in [3.05, 3.63) is 58.1 Å². The number of furan rings is 1. The number of nitrogens with zero attached hydrogens (tertiary/aromatic N) is 3. The van der Waals surface area contributed by atoms with Gasteiger partial charge in [0.15, 0.2) is 0 Å². The first-order valence-corrected chi connectivity index (χ1v) is 8.98. The molecule has 1 aromatic carbocycles. The van der Waals surface area contributed by atoms with E-state index in [9.17, 15) is 0 Å². The van der Waals surface area contributed by atoms with Crippen LogP contribution < -0.4 is 9.54 Å². The van der Waals surface area contributed by atoms with Gasteiger partial charge in [-0.25, -0.2) is 4.68 Å². The number of ether oxygens (including phenoxy) is 1. The van der Waals surface area contributed by atoms with Crippen LogP contribution in [0, 0.1) is 6.92 Å². The lowest BCUT2D eigenvalue weighted by Gasteiger charge is -2.06. The van der Waals surface area contributed by atoms with Gasteiger partial charge in [-0.3, -0.25) is 4.99 Å². The summed E-state index contributed by atoms with van der Waals surface area (Å²) in [4.78, 5) is 5.41. The monoisotopic (exact) mass is 355 g/mol. The Kier molecular flexibility index (Phi) is 5.19. The molecule has 2 heterocycles. The van der Waals surface area contributed by atoms with Gasteiger partial charge >= 0.3 is 0 Å². The zero-order valence-corrected chi connectivity index (χ0v) is 15.6. The number of thiazole rings is 1. The molecule has 3 aromatic rings. The third-order valence-corrected chi connectivity index (χ3v) is 4.57. The van der Waals surface area contributed by atoms with Crippen LogP contribution in [-0.2, 0) is 0 Å². The quantitative estimate of drug-likeness (QED) is 0.640. The van der Waals surface area contributed by atoms with Crippen LogP contribution >= 0.6 is 11.3 Å². The highest BCUT2D eigenvalue weighted by molar-refractivity contribution is 7.07. The van der Waals surface area contributed by atoms with E-state index in [0.29, 0.717) is 6.54 Å². The Morgan fingerprint density at radius 2 is 1.96 bits per heavy atom. The summed E-state index contributed by atoms with van der Waals surface area (Å²) >= 11 is 1.58. The minimum absolute atomic E-state index is 0.705. The second kappa shape index (κ2) is 7.53. The minimum Gasteiger partial charge on any atom is -0.497 e. The smallest absolute Gasteiger partial charge is 0.206 e. The maximum Gasteiger partial charge on any atom is 0.206 e. The first kappa shape index (κ1) is 17.2. The second-order valence-electron chi connectivity index (χ2n) is 5.51. The highest BCUT2D eigenvalue weighted by Gasteiger charge is 2.10. The Hall–Kier alpha value is -2.60. The molecule has 0 fully saturated rings. The van der Waals surface area contributed by atoms with Crippen molar-refractivity contribution in [1.29, 1.82) is 0 Å². The Labute approximate surface area is 150 Å². The number of hydrogen-bond donors (Lipinski definition) is 0. The lowest BCUT2D eigenvalue weighted by molar-refractivity contribution is 0.415. The number of aryl methyl sites for hydroxylation is 1. The van der Waals surface area contributed by atoms with Crippen LogP contribution in [0.2, 0.25) is 0 Å².